The lowest BCUT2D eigenvalue weighted by atomic mass is 9.84. The van der Waals surface area contributed by atoms with Crippen molar-refractivity contribution in [3.05, 3.63) is 212 Å². The molecule has 0 spiro atoms. The molecule has 0 fully saturated rings. The molecule has 0 saturated carbocycles. The van der Waals surface area contributed by atoms with Crippen molar-refractivity contribution < 1.29 is 0 Å². The Balaban J connectivity index is 1.13. The summed E-state index contributed by atoms with van der Waals surface area (Å²) in [5.74, 6) is 0. The normalized spacial score (nSPS) is 11.6. The van der Waals surface area contributed by atoms with Crippen LogP contribution in [0.15, 0.2) is 212 Å². The third-order valence-corrected chi connectivity index (χ3v) is 11.4. The lowest BCUT2D eigenvalue weighted by molar-refractivity contribution is 1.18. The van der Waals surface area contributed by atoms with Gasteiger partial charge in [-0.15, -0.1) is 0 Å². The first kappa shape index (κ1) is 31.3. The second-order valence-electron chi connectivity index (χ2n) is 14.4. The summed E-state index contributed by atoms with van der Waals surface area (Å²) in [5.41, 5.74) is 13.5. The lowest BCUT2D eigenvalue weighted by Crippen LogP contribution is -1.93. The van der Waals surface area contributed by atoms with Gasteiger partial charge in [0.2, 0.25) is 0 Å². The van der Waals surface area contributed by atoms with E-state index < -0.39 is 0 Å². The van der Waals surface area contributed by atoms with Gasteiger partial charge < -0.3 is 4.57 Å². The van der Waals surface area contributed by atoms with Crippen LogP contribution >= 0.6 is 0 Å². The van der Waals surface area contributed by atoms with Crippen LogP contribution in [-0.2, 0) is 0 Å². The molecule has 0 atom stereocenters. The Morgan fingerprint density at radius 2 is 0.655 bits per heavy atom. The molecule has 11 rings (SSSR count). The quantitative estimate of drug-likeness (QED) is 0.158. The summed E-state index contributed by atoms with van der Waals surface area (Å²) in [4.78, 5) is 0. The van der Waals surface area contributed by atoms with Crippen molar-refractivity contribution in [2.45, 2.75) is 0 Å². The molecule has 10 aromatic carbocycles. The minimum Gasteiger partial charge on any atom is -0.309 e. The standard InChI is InChI=1S/C54H35N/c1-4-16-36(17-5-1)53-46-25-12-13-26-47(46)54(37-18-6-2-7-19-37)50-35-38(28-30-48(50)53)41-31-32-42(44-23-11-10-22-43(41)44)39-29-33-52-49(34-39)45-24-14-15-27-51(45)55(52)40-20-8-3-9-21-40/h1-35H. The molecular formula is C54H35N. The van der Waals surface area contributed by atoms with Crippen molar-refractivity contribution in [1.29, 1.82) is 0 Å². The average Bonchev–Trinajstić information content (AvgIpc) is 3.59. The molecule has 0 saturated heterocycles. The summed E-state index contributed by atoms with van der Waals surface area (Å²) in [5, 5.41) is 10.1. The molecule has 0 N–H and O–H groups in total. The van der Waals surface area contributed by atoms with E-state index in [9.17, 15) is 0 Å². The molecule has 1 heteroatoms. The van der Waals surface area contributed by atoms with E-state index in [1.165, 1.54) is 104 Å². The van der Waals surface area contributed by atoms with Crippen molar-refractivity contribution >= 4 is 54.1 Å². The van der Waals surface area contributed by atoms with E-state index in [-0.39, 0.29) is 0 Å². The highest BCUT2D eigenvalue weighted by molar-refractivity contribution is 6.22. The Kier molecular flexibility index (Phi) is 7.25. The van der Waals surface area contributed by atoms with Crippen LogP contribution in [0.4, 0.5) is 0 Å². The van der Waals surface area contributed by atoms with E-state index in [2.05, 4.69) is 217 Å². The lowest BCUT2D eigenvalue weighted by Gasteiger charge is -2.19. The predicted molar refractivity (Wildman–Crippen MR) is 235 cm³/mol. The molecule has 0 aliphatic heterocycles. The topological polar surface area (TPSA) is 4.93 Å². The largest absolute Gasteiger partial charge is 0.309 e. The third-order valence-electron chi connectivity index (χ3n) is 11.4. The number of hydrogen-bond acceptors (Lipinski definition) is 0. The van der Waals surface area contributed by atoms with E-state index >= 15 is 0 Å². The molecule has 0 unspecified atom stereocenters. The van der Waals surface area contributed by atoms with E-state index in [4.69, 9.17) is 0 Å². The van der Waals surface area contributed by atoms with Crippen molar-refractivity contribution in [3.8, 4) is 50.2 Å². The molecule has 0 bridgehead atoms. The predicted octanol–water partition coefficient (Wildman–Crippen LogP) is 14.9. The molecule has 11 aromatic rings. The Morgan fingerprint density at radius 1 is 0.236 bits per heavy atom. The van der Waals surface area contributed by atoms with Crippen LogP contribution in [0.5, 0.6) is 0 Å². The maximum absolute atomic E-state index is 2.43. The van der Waals surface area contributed by atoms with Gasteiger partial charge in [0.1, 0.15) is 0 Å². The Bertz CT molecular complexity index is 3230. The fraction of sp³-hybridized carbons (Fsp3) is 0. The molecule has 1 nitrogen and oxygen atoms in total. The minimum absolute atomic E-state index is 1.17. The second kappa shape index (κ2) is 12.7. The number of aromatic nitrogens is 1. The molecule has 0 radical (unpaired) electrons. The number of hydrogen-bond donors (Lipinski definition) is 0. The molecule has 55 heavy (non-hydrogen) atoms. The summed E-state index contributed by atoms with van der Waals surface area (Å²) < 4.78 is 2.38. The number of nitrogens with zero attached hydrogens (tertiary/aromatic N) is 1. The average molecular weight is 698 g/mol. The molecule has 1 aromatic heterocycles. The van der Waals surface area contributed by atoms with Gasteiger partial charge in [0.05, 0.1) is 11.0 Å². The number of fused-ring (bicyclic) bond motifs is 6. The van der Waals surface area contributed by atoms with Crippen molar-refractivity contribution in [1.82, 2.24) is 4.57 Å². The van der Waals surface area contributed by atoms with E-state index in [1.807, 2.05) is 0 Å². The highest BCUT2D eigenvalue weighted by Crippen LogP contribution is 2.46. The Hall–Kier alpha value is -7.22. The molecular weight excluding hydrogens is 663 g/mol. The maximum Gasteiger partial charge on any atom is 0.0541 e. The van der Waals surface area contributed by atoms with Crippen LogP contribution in [0.3, 0.4) is 0 Å². The van der Waals surface area contributed by atoms with Gasteiger partial charge in [-0.05, 0) is 113 Å². The van der Waals surface area contributed by atoms with Gasteiger partial charge in [-0.25, -0.2) is 0 Å². The number of benzene rings is 10. The first-order chi connectivity index (χ1) is 27.3. The zero-order valence-corrected chi connectivity index (χ0v) is 30.2. The first-order valence-corrected chi connectivity index (χ1v) is 19.0. The van der Waals surface area contributed by atoms with Crippen LogP contribution in [0.1, 0.15) is 0 Å². The zero-order valence-electron chi connectivity index (χ0n) is 30.2. The van der Waals surface area contributed by atoms with Gasteiger partial charge in [-0.3, -0.25) is 0 Å². The minimum atomic E-state index is 1.17. The van der Waals surface area contributed by atoms with Crippen LogP contribution in [0, 0.1) is 0 Å². The number of para-hydroxylation sites is 2. The zero-order chi connectivity index (χ0) is 36.3. The van der Waals surface area contributed by atoms with Gasteiger partial charge in [0, 0.05) is 16.5 Å². The van der Waals surface area contributed by atoms with E-state index in [0.29, 0.717) is 0 Å². The molecule has 0 amide bonds. The number of rotatable bonds is 5. The first-order valence-electron chi connectivity index (χ1n) is 19.0. The molecule has 256 valence electrons. The summed E-state index contributed by atoms with van der Waals surface area (Å²) >= 11 is 0. The Labute approximate surface area is 320 Å². The van der Waals surface area contributed by atoms with Crippen LogP contribution < -0.4 is 0 Å². The highest BCUT2D eigenvalue weighted by atomic mass is 15.0. The SMILES string of the molecule is c1ccc(-c2c3ccccc3c(-c3ccccc3)c3cc(-c4ccc(-c5ccc6c(c5)c5ccccc5n6-c5ccccc5)c5ccccc45)ccc23)cc1. The monoisotopic (exact) mass is 697 g/mol. The van der Waals surface area contributed by atoms with Gasteiger partial charge in [-0.2, -0.15) is 0 Å². The summed E-state index contributed by atoms with van der Waals surface area (Å²) in [7, 11) is 0. The van der Waals surface area contributed by atoms with Gasteiger partial charge in [-0.1, -0.05) is 176 Å². The summed E-state index contributed by atoms with van der Waals surface area (Å²) in [6.07, 6.45) is 0. The smallest absolute Gasteiger partial charge is 0.0541 e. The van der Waals surface area contributed by atoms with Crippen molar-refractivity contribution in [3.63, 3.8) is 0 Å². The molecule has 1 heterocycles. The van der Waals surface area contributed by atoms with Crippen LogP contribution in [0.2, 0.25) is 0 Å². The van der Waals surface area contributed by atoms with Crippen molar-refractivity contribution in [2.75, 3.05) is 0 Å². The maximum atomic E-state index is 2.43. The highest BCUT2D eigenvalue weighted by Gasteiger charge is 2.19. The van der Waals surface area contributed by atoms with Crippen LogP contribution in [0.25, 0.3) is 104 Å². The van der Waals surface area contributed by atoms with Gasteiger partial charge in [0.25, 0.3) is 0 Å². The summed E-state index contributed by atoms with van der Waals surface area (Å²) in [6, 6.07) is 77.7. The molecule has 0 aliphatic rings. The fourth-order valence-corrected chi connectivity index (χ4v) is 8.98. The molecule has 0 aliphatic carbocycles. The van der Waals surface area contributed by atoms with Gasteiger partial charge in [0.15, 0.2) is 0 Å². The van der Waals surface area contributed by atoms with Crippen molar-refractivity contribution in [2.24, 2.45) is 0 Å². The van der Waals surface area contributed by atoms with E-state index in [0.717, 1.165) is 0 Å². The third kappa shape index (κ3) is 5.01. The van der Waals surface area contributed by atoms with Crippen LogP contribution in [-0.4, -0.2) is 4.57 Å². The second-order valence-corrected chi connectivity index (χ2v) is 14.4. The fourth-order valence-electron chi connectivity index (χ4n) is 8.98. The van der Waals surface area contributed by atoms with E-state index in [1.54, 1.807) is 0 Å². The Morgan fingerprint density at radius 3 is 1.25 bits per heavy atom. The van der Waals surface area contributed by atoms with Gasteiger partial charge >= 0.3 is 0 Å². The summed E-state index contributed by atoms with van der Waals surface area (Å²) in [6.45, 7) is 0.